The summed E-state index contributed by atoms with van der Waals surface area (Å²) in [6.45, 7) is 20.8. The molecule has 2 bridgehead atoms. The molecule has 4 aliphatic heterocycles. The maximum absolute atomic E-state index is 14.7. The number of likely N-dealkylation sites (tertiary alicyclic amines) is 1. The first kappa shape index (κ1) is 32.6. The fourth-order valence-corrected chi connectivity index (χ4v) is 7.81. The van der Waals surface area contributed by atoms with Gasteiger partial charge in [0.15, 0.2) is 0 Å². The normalized spacial score (nSPS) is 32.0. The lowest BCUT2D eigenvalue weighted by atomic mass is 9.66. The largest absolute Gasteiger partial charge is 0.394 e. The molecular weight excluding hydrogens is 536 g/mol. The number of hydrogen-bond donors (Lipinski definition) is 1. The van der Waals surface area contributed by atoms with Crippen LogP contribution in [0, 0.1) is 17.8 Å². The van der Waals surface area contributed by atoms with Crippen molar-refractivity contribution in [3.8, 4) is 0 Å². The Morgan fingerprint density at radius 2 is 1.74 bits per heavy atom. The second kappa shape index (κ2) is 13.6. The maximum atomic E-state index is 14.7. The second-order valence-corrected chi connectivity index (χ2v) is 12.7. The molecule has 4 aliphatic rings. The predicted octanol–water partition coefficient (Wildman–Crippen LogP) is 1.93. The Labute approximate surface area is 251 Å². The van der Waals surface area contributed by atoms with Crippen LogP contribution in [0.3, 0.4) is 0 Å². The zero-order valence-electron chi connectivity index (χ0n) is 26.1. The lowest BCUT2D eigenvalue weighted by molar-refractivity contribution is -0.157. The van der Waals surface area contributed by atoms with E-state index in [1.54, 1.807) is 26.9 Å². The summed E-state index contributed by atoms with van der Waals surface area (Å²) in [5.74, 6) is -2.12. The van der Waals surface area contributed by atoms with Gasteiger partial charge in [-0.25, -0.2) is 0 Å². The number of amides is 3. The zero-order chi connectivity index (χ0) is 30.7. The molecule has 7 atom stereocenters. The number of aliphatic hydroxyl groups is 1. The molecule has 2 unspecified atom stereocenters. The Morgan fingerprint density at radius 3 is 2.31 bits per heavy atom. The topological polar surface area (TPSA) is 103 Å². The quantitative estimate of drug-likeness (QED) is 0.292. The van der Waals surface area contributed by atoms with Crippen molar-refractivity contribution in [1.82, 2.24) is 19.6 Å². The molecule has 4 heterocycles. The molecule has 4 rings (SSSR count). The highest BCUT2D eigenvalue weighted by molar-refractivity contribution is 5.99. The van der Waals surface area contributed by atoms with Gasteiger partial charge in [0.2, 0.25) is 17.7 Å². The summed E-state index contributed by atoms with van der Waals surface area (Å²) in [5.41, 5.74) is -1.98. The minimum atomic E-state index is -1.13. The number of fused-ring (bicyclic) bond motifs is 1. The fourth-order valence-electron chi connectivity index (χ4n) is 7.81. The van der Waals surface area contributed by atoms with Crippen LogP contribution in [0.5, 0.6) is 0 Å². The molecule has 0 radical (unpaired) electrons. The summed E-state index contributed by atoms with van der Waals surface area (Å²) in [7, 11) is 0. The van der Waals surface area contributed by atoms with Crippen molar-refractivity contribution in [2.24, 2.45) is 17.8 Å². The van der Waals surface area contributed by atoms with E-state index in [9.17, 15) is 19.5 Å². The lowest BCUT2D eigenvalue weighted by Crippen LogP contribution is -2.60. The van der Waals surface area contributed by atoms with Crippen molar-refractivity contribution in [2.75, 3.05) is 65.6 Å². The second-order valence-electron chi connectivity index (χ2n) is 12.7. The Morgan fingerprint density at radius 1 is 1.10 bits per heavy atom. The van der Waals surface area contributed by atoms with Crippen molar-refractivity contribution >= 4 is 17.7 Å². The molecule has 4 fully saturated rings. The van der Waals surface area contributed by atoms with Gasteiger partial charge in [0.25, 0.3) is 0 Å². The first-order valence-electron chi connectivity index (χ1n) is 15.9. The van der Waals surface area contributed by atoms with Gasteiger partial charge in [0.1, 0.15) is 11.6 Å². The molecular formula is C32H52N4O6. The molecule has 42 heavy (non-hydrogen) atoms. The number of nitrogens with zero attached hydrogens (tertiary/aromatic N) is 4. The van der Waals surface area contributed by atoms with Crippen molar-refractivity contribution in [3.05, 3.63) is 25.3 Å². The van der Waals surface area contributed by atoms with Gasteiger partial charge < -0.3 is 29.3 Å². The average Bonchev–Trinajstić information content (AvgIpc) is 3.56. The van der Waals surface area contributed by atoms with Crippen LogP contribution < -0.4 is 0 Å². The first-order valence-corrected chi connectivity index (χ1v) is 15.9. The Bertz CT molecular complexity index is 1020. The summed E-state index contributed by atoms with van der Waals surface area (Å²) in [4.78, 5) is 50.9. The molecule has 0 saturated carbocycles. The maximum Gasteiger partial charge on any atom is 0.248 e. The van der Waals surface area contributed by atoms with E-state index in [1.807, 2.05) is 27.7 Å². The number of morpholine rings is 1. The van der Waals surface area contributed by atoms with E-state index in [1.165, 1.54) is 0 Å². The first-order chi connectivity index (χ1) is 20.1. The van der Waals surface area contributed by atoms with Crippen LogP contribution in [0.2, 0.25) is 0 Å². The fraction of sp³-hybridized carbons (Fsp3) is 0.781. The molecule has 236 valence electrons. The number of rotatable bonds is 15. The highest BCUT2D eigenvalue weighted by Crippen LogP contribution is 2.64. The summed E-state index contributed by atoms with van der Waals surface area (Å²) in [5, 5.41) is 10.6. The molecule has 1 spiro atoms. The van der Waals surface area contributed by atoms with Crippen molar-refractivity contribution in [2.45, 2.75) is 76.7 Å². The molecule has 4 saturated heterocycles. The minimum absolute atomic E-state index is 0.0509. The average molecular weight is 589 g/mol. The monoisotopic (exact) mass is 588 g/mol. The number of ether oxygens (including phenoxy) is 2. The Kier molecular flexibility index (Phi) is 10.5. The highest BCUT2D eigenvalue weighted by Gasteiger charge is 2.79. The van der Waals surface area contributed by atoms with Crippen LogP contribution in [0.1, 0.15) is 53.4 Å². The number of carbonyl (C=O) groups excluding carboxylic acids is 3. The number of hydrogen-bond acceptors (Lipinski definition) is 7. The van der Waals surface area contributed by atoms with Crippen LogP contribution in [0.4, 0.5) is 0 Å². The van der Waals surface area contributed by atoms with Gasteiger partial charge in [-0.15, -0.1) is 13.2 Å². The predicted molar refractivity (Wildman–Crippen MR) is 161 cm³/mol. The summed E-state index contributed by atoms with van der Waals surface area (Å²) in [6.07, 6.45) is 6.02. The van der Waals surface area contributed by atoms with Gasteiger partial charge in [-0.3, -0.25) is 19.3 Å². The van der Waals surface area contributed by atoms with Crippen LogP contribution in [0.25, 0.3) is 0 Å². The van der Waals surface area contributed by atoms with Crippen LogP contribution >= 0.6 is 0 Å². The van der Waals surface area contributed by atoms with E-state index in [4.69, 9.17) is 9.47 Å². The summed E-state index contributed by atoms with van der Waals surface area (Å²) in [6, 6.07) is -1.49. The van der Waals surface area contributed by atoms with Crippen LogP contribution in [0.15, 0.2) is 25.3 Å². The molecule has 0 aromatic carbocycles. The van der Waals surface area contributed by atoms with Crippen molar-refractivity contribution < 1.29 is 29.0 Å². The Balaban J connectivity index is 1.75. The molecule has 0 aromatic rings. The van der Waals surface area contributed by atoms with Crippen molar-refractivity contribution in [1.29, 1.82) is 0 Å². The minimum Gasteiger partial charge on any atom is -0.394 e. The molecule has 10 heteroatoms. The number of aliphatic hydroxyl groups excluding tert-OH is 1. The molecule has 0 aromatic heterocycles. The lowest BCUT2D eigenvalue weighted by Gasteiger charge is -2.41. The third kappa shape index (κ3) is 5.67. The van der Waals surface area contributed by atoms with E-state index in [-0.39, 0.29) is 30.2 Å². The molecule has 1 N–H and O–H groups in total. The SMILES string of the molecule is C=CCN(CCN1CCOCC1)C(=O)C1N([C@@H](CO)[C@@H](C)CC)C(=O)[C@@H]2[C@@H](C(=O)N(CC=C)CCC)[C@@]3(C)CCC12O3. The number of carbonyl (C=O) groups is 3. The van der Waals surface area contributed by atoms with Gasteiger partial charge in [0, 0.05) is 45.8 Å². The molecule has 3 amide bonds. The van der Waals surface area contributed by atoms with Crippen LogP contribution in [-0.2, 0) is 23.9 Å². The zero-order valence-corrected chi connectivity index (χ0v) is 26.1. The van der Waals surface area contributed by atoms with E-state index in [0.717, 1.165) is 25.9 Å². The summed E-state index contributed by atoms with van der Waals surface area (Å²) < 4.78 is 12.3. The van der Waals surface area contributed by atoms with E-state index in [2.05, 4.69) is 18.1 Å². The van der Waals surface area contributed by atoms with E-state index >= 15 is 0 Å². The molecule has 10 nitrogen and oxygen atoms in total. The third-order valence-electron chi connectivity index (χ3n) is 10.2. The standard InChI is InChI=1S/C32H52N4O6/c1-7-13-34(14-8-2)28(38)25-26-29(39)36(24(22-37)23(5)10-4)27(32(26)12-11-31(25,6)42-32)30(40)35(15-9-3)17-16-33-18-20-41-21-19-33/h7,9,23-27,37H,1,3,8,10-22H2,2,4-6H3/t23-,24-,25-,26-,27?,31+,32?/m0/s1. The smallest absolute Gasteiger partial charge is 0.248 e. The van der Waals surface area contributed by atoms with Gasteiger partial charge in [-0.1, -0.05) is 39.3 Å². The third-order valence-corrected chi connectivity index (χ3v) is 10.2. The van der Waals surface area contributed by atoms with Gasteiger partial charge in [-0.2, -0.15) is 0 Å². The molecule has 0 aliphatic carbocycles. The van der Waals surface area contributed by atoms with Gasteiger partial charge in [0.05, 0.1) is 43.3 Å². The highest BCUT2D eigenvalue weighted by atomic mass is 16.5. The van der Waals surface area contributed by atoms with Crippen molar-refractivity contribution in [3.63, 3.8) is 0 Å². The van der Waals surface area contributed by atoms with Crippen LogP contribution in [-0.4, -0.2) is 131 Å². The van der Waals surface area contributed by atoms with Gasteiger partial charge in [-0.05, 0) is 32.1 Å². The van der Waals surface area contributed by atoms with E-state index in [0.29, 0.717) is 58.8 Å². The summed E-state index contributed by atoms with van der Waals surface area (Å²) >= 11 is 0. The van der Waals surface area contributed by atoms with Gasteiger partial charge >= 0.3 is 0 Å². The Hall–Kier alpha value is -2.27. The van der Waals surface area contributed by atoms with E-state index < -0.39 is 35.1 Å².